The Balaban J connectivity index is 1.60. The highest BCUT2D eigenvalue weighted by Gasteiger charge is 2.47. The standard InChI is InChI=1S/C21H24N2O3/c24-20-23-14-18(21(26-20)10-12-22-13-11-21)17-8-4-5-9-19(17)25-15-16-6-2-1-3-7-16/h1-9,18,22H,10-15H2,(H,23,24). The molecule has 2 heterocycles. The lowest BCUT2D eigenvalue weighted by Crippen LogP contribution is -2.57. The van der Waals surface area contributed by atoms with Crippen LogP contribution < -0.4 is 15.4 Å². The molecule has 5 heteroatoms. The van der Waals surface area contributed by atoms with E-state index < -0.39 is 5.60 Å². The van der Waals surface area contributed by atoms with E-state index in [1.165, 1.54) is 0 Å². The summed E-state index contributed by atoms with van der Waals surface area (Å²) in [7, 11) is 0. The largest absolute Gasteiger partial charge is 0.489 e. The third kappa shape index (κ3) is 3.40. The molecule has 2 aliphatic heterocycles. The number of hydrogen-bond donors (Lipinski definition) is 2. The Morgan fingerprint density at radius 1 is 1.04 bits per heavy atom. The van der Waals surface area contributed by atoms with Gasteiger partial charge in [-0.05, 0) is 24.7 Å². The molecule has 1 atom stereocenters. The zero-order chi connectivity index (χ0) is 17.8. The zero-order valence-electron chi connectivity index (χ0n) is 14.7. The lowest BCUT2D eigenvalue weighted by molar-refractivity contribution is -0.0500. The molecule has 2 fully saturated rings. The Kier molecular flexibility index (Phi) is 4.80. The minimum Gasteiger partial charge on any atom is -0.489 e. The number of amides is 1. The van der Waals surface area contributed by atoms with Crippen molar-refractivity contribution >= 4 is 6.09 Å². The second-order valence-corrected chi connectivity index (χ2v) is 6.95. The number of piperidine rings is 1. The first-order valence-corrected chi connectivity index (χ1v) is 9.20. The van der Waals surface area contributed by atoms with Gasteiger partial charge in [0, 0.05) is 30.9 Å². The average Bonchev–Trinajstić information content (AvgIpc) is 2.68. The summed E-state index contributed by atoms with van der Waals surface area (Å²) in [6.07, 6.45) is 1.32. The number of carbonyl (C=O) groups is 1. The number of alkyl carbamates (subject to hydrolysis) is 1. The molecule has 1 spiro atoms. The number of ether oxygens (including phenoxy) is 2. The Morgan fingerprint density at radius 3 is 2.58 bits per heavy atom. The van der Waals surface area contributed by atoms with Crippen LogP contribution in [-0.4, -0.2) is 31.3 Å². The van der Waals surface area contributed by atoms with Crippen molar-refractivity contribution in [3.8, 4) is 5.75 Å². The molecule has 0 aromatic heterocycles. The van der Waals surface area contributed by atoms with Crippen LogP contribution in [0.1, 0.15) is 29.9 Å². The van der Waals surface area contributed by atoms with Crippen LogP contribution in [0.4, 0.5) is 4.79 Å². The zero-order valence-corrected chi connectivity index (χ0v) is 14.7. The molecule has 26 heavy (non-hydrogen) atoms. The lowest BCUT2D eigenvalue weighted by Gasteiger charge is -2.46. The molecule has 1 amide bonds. The minimum absolute atomic E-state index is 0.0780. The first-order valence-electron chi connectivity index (χ1n) is 9.20. The summed E-state index contributed by atoms with van der Waals surface area (Å²) in [6, 6.07) is 18.2. The number of hydrogen-bond acceptors (Lipinski definition) is 4. The molecule has 2 aromatic carbocycles. The van der Waals surface area contributed by atoms with Gasteiger partial charge in [0.15, 0.2) is 0 Å². The van der Waals surface area contributed by atoms with Crippen molar-refractivity contribution in [2.24, 2.45) is 0 Å². The van der Waals surface area contributed by atoms with Crippen molar-refractivity contribution in [2.45, 2.75) is 31.0 Å². The van der Waals surface area contributed by atoms with Gasteiger partial charge in [-0.3, -0.25) is 0 Å². The predicted octanol–water partition coefficient (Wildman–Crippen LogP) is 3.21. The van der Waals surface area contributed by atoms with E-state index in [1.807, 2.05) is 36.4 Å². The number of rotatable bonds is 4. The van der Waals surface area contributed by atoms with E-state index in [9.17, 15) is 4.79 Å². The van der Waals surface area contributed by atoms with Crippen LogP contribution in [0.15, 0.2) is 54.6 Å². The molecule has 5 nitrogen and oxygen atoms in total. The third-order valence-electron chi connectivity index (χ3n) is 5.36. The Hall–Kier alpha value is -2.53. The van der Waals surface area contributed by atoms with Crippen LogP contribution in [0.3, 0.4) is 0 Å². The summed E-state index contributed by atoms with van der Waals surface area (Å²) in [5, 5.41) is 6.23. The topological polar surface area (TPSA) is 59.6 Å². The Bertz CT molecular complexity index is 757. The summed E-state index contributed by atoms with van der Waals surface area (Å²) in [4.78, 5) is 11.9. The normalized spacial score (nSPS) is 21.7. The van der Waals surface area contributed by atoms with Gasteiger partial charge in [0.25, 0.3) is 0 Å². The van der Waals surface area contributed by atoms with Crippen LogP contribution in [0.2, 0.25) is 0 Å². The molecule has 2 N–H and O–H groups in total. The molecule has 0 saturated carbocycles. The average molecular weight is 352 g/mol. The van der Waals surface area contributed by atoms with Crippen molar-refractivity contribution in [1.82, 2.24) is 10.6 Å². The Morgan fingerprint density at radius 2 is 1.77 bits per heavy atom. The van der Waals surface area contributed by atoms with Crippen molar-refractivity contribution in [3.63, 3.8) is 0 Å². The van der Waals surface area contributed by atoms with Crippen LogP contribution in [0, 0.1) is 0 Å². The van der Waals surface area contributed by atoms with E-state index in [0.29, 0.717) is 13.2 Å². The minimum atomic E-state index is -0.459. The number of nitrogens with one attached hydrogen (secondary N) is 2. The first kappa shape index (κ1) is 16.9. The summed E-state index contributed by atoms with van der Waals surface area (Å²) in [5.74, 6) is 0.938. The summed E-state index contributed by atoms with van der Waals surface area (Å²) in [5.41, 5.74) is 1.78. The fraction of sp³-hybridized carbons (Fsp3) is 0.381. The maximum Gasteiger partial charge on any atom is 0.407 e. The van der Waals surface area contributed by atoms with E-state index in [2.05, 4.69) is 28.8 Å². The van der Waals surface area contributed by atoms with E-state index >= 15 is 0 Å². The van der Waals surface area contributed by atoms with Gasteiger partial charge in [0.2, 0.25) is 0 Å². The fourth-order valence-electron chi connectivity index (χ4n) is 3.99. The van der Waals surface area contributed by atoms with Crippen molar-refractivity contribution in [1.29, 1.82) is 0 Å². The summed E-state index contributed by atoms with van der Waals surface area (Å²) < 4.78 is 12.0. The highest BCUT2D eigenvalue weighted by Crippen LogP contribution is 2.43. The molecule has 2 aliphatic rings. The smallest absolute Gasteiger partial charge is 0.407 e. The summed E-state index contributed by atoms with van der Waals surface area (Å²) in [6.45, 7) is 2.81. The van der Waals surface area contributed by atoms with Crippen LogP contribution >= 0.6 is 0 Å². The van der Waals surface area contributed by atoms with E-state index in [1.54, 1.807) is 0 Å². The molecular formula is C21H24N2O3. The van der Waals surface area contributed by atoms with Gasteiger partial charge in [-0.25, -0.2) is 4.79 Å². The molecule has 0 aliphatic carbocycles. The van der Waals surface area contributed by atoms with Gasteiger partial charge in [-0.1, -0.05) is 48.5 Å². The third-order valence-corrected chi connectivity index (χ3v) is 5.36. The van der Waals surface area contributed by atoms with Crippen LogP contribution in [0.25, 0.3) is 0 Å². The van der Waals surface area contributed by atoms with Crippen molar-refractivity contribution < 1.29 is 14.3 Å². The molecule has 4 rings (SSSR count). The van der Waals surface area contributed by atoms with Gasteiger partial charge in [0.1, 0.15) is 18.0 Å². The molecule has 0 radical (unpaired) electrons. The SMILES string of the molecule is O=C1NCC(c2ccccc2OCc2ccccc2)C2(CCNCC2)O1. The monoisotopic (exact) mass is 352 g/mol. The first-order chi connectivity index (χ1) is 12.8. The Labute approximate surface area is 153 Å². The fourth-order valence-corrected chi connectivity index (χ4v) is 3.99. The van der Waals surface area contributed by atoms with E-state index in [0.717, 1.165) is 42.8 Å². The molecule has 136 valence electrons. The van der Waals surface area contributed by atoms with Gasteiger partial charge in [0.05, 0.1) is 0 Å². The molecule has 0 bridgehead atoms. The second kappa shape index (κ2) is 7.38. The van der Waals surface area contributed by atoms with Gasteiger partial charge in [-0.15, -0.1) is 0 Å². The van der Waals surface area contributed by atoms with E-state index in [-0.39, 0.29) is 12.0 Å². The quantitative estimate of drug-likeness (QED) is 0.887. The maximum absolute atomic E-state index is 11.9. The molecule has 2 saturated heterocycles. The molecule has 1 unspecified atom stereocenters. The van der Waals surface area contributed by atoms with Crippen LogP contribution in [-0.2, 0) is 11.3 Å². The lowest BCUT2D eigenvalue weighted by atomic mass is 9.75. The number of benzene rings is 2. The van der Waals surface area contributed by atoms with E-state index in [4.69, 9.17) is 9.47 Å². The van der Waals surface area contributed by atoms with Gasteiger partial charge < -0.3 is 20.1 Å². The highest BCUT2D eigenvalue weighted by atomic mass is 16.6. The number of para-hydroxylation sites is 1. The maximum atomic E-state index is 11.9. The molecular weight excluding hydrogens is 328 g/mol. The number of carbonyl (C=O) groups excluding carboxylic acids is 1. The summed E-state index contributed by atoms with van der Waals surface area (Å²) >= 11 is 0. The predicted molar refractivity (Wildman–Crippen MR) is 99.3 cm³/mol. The van der Waals surface area contributed by atoms with Gasteiger partial charge in [-0.2, -0.15) is 0 Å². The molecule has 2 aromatic rings. The van der Waals surface area contributed by atoms with Crippen molar-refractivity contribution in [3.05, 3.63) is 65.7 Å². The van der Waals surface area contributed by atoms with Gasteiger partial charge >= 0.3 is 6.09 Å². The second-order valence-electron chi connectivity index (χ2n) is 6.95. The van der Waals surface area contributed by atoms with Crippen LogP contribution in [0.5, 0.6) is 5.75 Å². The highest BCUT2D eigenvalue weighted by molar-refractivity contribution is 5.69. The van der Waals surface area contributed by atoms with Crippen molar-refractivity contribution in [2.75, 3.05) is 19.6 Å².